The molecule has 1 fully saturated rings. The van der Waals surface area contributed by atoms with Gasteiger partial charge < -0.3 is 20.3 Å². The van der Waals surface area contributed by atoms with E-state index in [4.69, 9.17) is 4.74 Å². The van der Waals surface area contributed by atoms with Gasteiger partial charge in [0.2, 0.25) is 5.91 Å². The number of amides is 1. The Balaban J connectivity index is 1.77. The SMILES string of the molecule is CCNC(=NCCC(=O)N1CCCC1)NCCc1ccccc1OC. The number of guanidine groups is 1. The molecule has 0 bridgehead atoms. The summed E-state index contributed by atoms with van der Waals surface area (Å²) < 4.78 is 5.37. The molecule has 0 spiro atoms. The quantitative estimate of drug-likeness (QED) is 0.556. The van der Waals surface area contributed by atoms with E-state index >= 15 is 0 Å². The molecule has 0 radical (unpaired) electrons. The molecule has 0 aliphatic carbocycles. The minimum absolute atomic E-state index is 0.214. The normalized spacial score (nSPS) is 14.5. The molecule has 0 unspecified atom stereocenters. The molecule has 1 aliphatic heterocycles. The van der Waals surface area contributed by atoms with Gasteiger partial charge in [0.05, 0.1) is 13.7 Å². The van der Waals surface area contributed by atoms with Gasteiger partial charge in [-0.2, -0.15) is 0 Å². The van der Waals surface area contributed by atoms with E-state index in [1.807, 2.05) is 30.0 Å². The second-order valence-corrected chi connectivity index (χ2v) is 6.09. The van der Waals surface area contributed by atoms with E-state index in [9.17, 15) is 4.79 Å². The molecular formula is C19H30N4O2. The largest absolute Gasteiger partial charge is 0.496 e. The van der Waals surface area contributed by atoms with Gasteiger partial charge in [-0.25, -0.2) is 0 Å². The van der Waals surface area contributed by atoms with Crippen LogP contribution in [-0.4, -0.2) is 56.6 Å². The summed E-state index contributed by atoms with van der Waals surface area (Å²) in [5.41, 5.74) is 1.16. The molecule has 0 atom stereocenters. The highest BCUT2D eigenvalue weighted by atomic mass is 16.5. The Hall–Kier alpha value is -2.24. The highest BCUT2D eigenvalue weighted by Crippen LogP contribution is 2.17. The smallest absolute Gasteiger partial charge is 0.224 e. The monoisotopic (exact) mass is 346 g/mol. The van der Waals surface area contributed by atoms with Crippen LogP contribution in [0.4, 0.5) is 0 Å². The number of hydrogen-bond acceptors (Lipinski definition) is 3. The fraction of sp³-hybridized carbons (Fsp3) is 0.579. The van der Waals surface area contributed by atoms with Crippen molar-refractivity contribution in [3.05, 3.63) is 29.8 Å². The minimum Gasteiger partial charge on any atom is -0.496 e. The molecule has 1 aromatic rings. The molecule has 6 heteroatoms. The Bertz CT molecular complexity index is 568. The van der Waals surface area contributed by atoms with Gasteiger partial charge in [0.1, 0.15) is 5.75 Å². The van der Waals surface area contributed by atoms with Crippen molar-refractivity contribution in [3.8, 4) is 5.75 Å². The molecule has 0 aromatic heterocycles. The molecule has 1 aromatic carbocycles. The van der Waals surface area contributed by atoms with E-state index in [1.54, 1.807) is 7.11 Å². The number of carbonyl (C=O) groups excluding carboxylic acids is 1. The summed E-state index contributed by atoms with van der Waals surface area (Å²) in [7, 11) is 1.69. The molecule has 1 aliphatic rings. The number of ether oxygens (including phenoxy) is 1. The van der Waals surface area contributed by atoms with Crippen LogP contribution in [0.1, 0.15) is 31.7 Å². The first-order valence-corrected chi connectivity index (χ1v) is 9.16. The number of rotatable bonds is 8. The van der Waals surface area contributed by atoms with E-state index in [1.165, 1.54) is 0 Å². The van der Waals surface area contributed by atoms with E-state index in [-0.39, 0.29) is 5.91 Å². The van der Waals surface area contributed by atoms with Gasteiger partial charge in [-0.3, -0.25) is 9.79 Å². The third-order valence-electron chi connectivity index (χ3n) is 4.28. The fourth-order valence-corrected chi connectivity index (χ4v) is 2.95. The van der Waals surface area contributed by atoms with Crippen LogP contribution in [0, 0.1) is 0 Å². The Labute approximate surface area is 150 Å². The van der Waals surface area contributed by atoms with E-state index < -0.39 is 0 Å². The number of hydrogen-bond donors (Lipinski definition) is 2. The summed E-state index contributed by atoms with van der Waals surface area (Å²) in [6.07, 6.45) is 3.58. The van der Waals surface area contributed by atoms with Crippen molar-refractivity contribution in [3.63, 3.8) is 0 Å². The van der Waals surface area contributed by atoms with Crippen LogP contribution in [0.15, 0.2) is 29.3 Å². The first kappa shape index (κ1) is 19.1. The number of benzene rings is 1. The maximum Gasteiger partial charge on any atom is 0.224 e. The van der Waals surface area contributed by atoms with Gasteiger partial charge in [-0.1, -0.05) is 18.2 Å². The number of nitrogens with one attached hydrogen (secondary N) is 2. The fourth-order valence-electron chi connectivity index (χ4n) is 2.95. The zero-order valence-electron chi connectivity index (χ0n) is 15.4. The van der Waals surface area contributed by atoms with Crippen LogP contribution in [0.3, 0.4) is 0 Å². The van der Waals surface area contributed by atoms with Gasteiger partial charge in [0, 0.05) is 32.6 Å². The number of aliphatic imine (C=N–C) groups is 1. The standard InChI is InChI=1S/C19H30N4O2/c1-3-20-19(22-13-11-18(24)23-14-6-7-15-23)21-12-10-16-8-4-5-9-17(16)25-2/h4-5,8-9H,3,6-7,10-15H2,1-2H3,(H2,20,21,22). The van der Waals surface area contributed by atoms with E-state index in [2.05, 4.69) is 21.7 Å². The lowest BCUT2D eigenvalue weighted by molar-refractivity contribution is -0.129. The molecule has 1 amide bonds. The molecule has 0 saturated carbocycles. The van der Waals surface area contributed by atoms with Crippen LogP contribution in [-0.2, 0) is 11.2 Å². The number of nitrogens with zero attached hydrogens (tertiary/aromatic N) is 2. The minimum atomic E-state index is 0.214. The summed E-state index contributed by atoms with van der Waals surface area (Å²) in [6, 6.07) is 8.03. The van der Waals surface area contributed by atoms with Crippen LogP contribution >= 0.6 is 0 Å². The van der Waals surface area contributed by atoms with Crippen LogP contribution in [0.2, 0.25) is 0 Å². The highest BCUT2D eigenvalue weighted by molar-refractivity contribution is 5.81. The average Bonchev–Trinajstić information content (AvgIpc) is 3.17. The maximum absolute atomic E-state index is 12.1. The first-order chi connectivity index (χ1) is 12.2. The van der Waals surface area contributed by atoms with Crippen molar-refractivity contribution in [1.29, 1.82) is 0 Å². The Morgan fingerprint density at radius 1 is 1.24 bits per heavy atom. The molecule has 1 heterocycles. The van der Waals surface area contributed by atoms with E-state index in [0.29, 0.717) is 13.0 Å². The van der Waals surface area contributed by atoms with Crippen molar-refractivity contribution >= 4 is 11.9 Å². The number of methoxy groups -OCH3 is 1. The average molecular weight is 346 g/mol. The molecule has 138 valence electrons. The number of likely N-dealkylation sites (tertiary alicyclic amines) is 1. The Morgan fingerprint density at radius 3 is 2.72 bits per heavy atom. The molecule has 25 heavy (non-hydrogen) atoms. The lowest BCUT2D eigenvalue weighted by atomic mass is 10.1. The summed E-state index contributed by atoms with van der Waals surface area (Å²) in [5.74, 6) is 1.88. The Kier molecular flexibility index (Phi) is 8.09. The van der Waals surface area contributed by atoms with Crippen LogP contribution in [0.25, 0.3) is 0 Å². The zero-order chi connectivity index (χ0) is 17.9. The van der Waals surface area contributed by atoms with Crippen molar-refractivity contribution in [1.82, 2.24) is 15.5 Å². The van der Waals surface area contributed by atoms with E-state index in [0.717, 1.165) is 62.7 Å². The molecule has 6 nitrogen and oxygen atoms in total. The number of para-hydroxylation sites is 1. The molecule has 2 N–H and O–H groups in total. The predicted molar refractivity (Wildman–Crippen MR) is 101 cm³/mol. The highest BCUT2D eigenvalue weighted by Gasteiger charge is 2.16. The van der Waals surface area contributed by atoms with Gasteiger partial charge >= 0.3 is 0 Å². The zero-order valence-corrected chi connectivity index (χ0v) is 15.4. The van der Waals surface area contributed by atoms with Crippen molar-refractivity contribution in [2.24, 2.45) is 4.99 Å². The molecule has 2 rings (SSSR count). The second-order valence-electron chi connectivity index (χ2n) is 6.09. The third-order valence-corrected chi connectivity index (χ3v) is 4.28. The molecular weight excluding hydrogens is 316 g/mol. The topological polar surface area (TPSA) is 66.0 Å². The first-order valence-electron chi connectivity index (χ1n) is 9.16. The lowest BCUT2D eigenvalue weighted by Gasteiger charge is -2.15. The van der Waals surface area contributed by atoms with Gasteiger partial charge in [-0.15, -0.1) is 0 Å². The lowest BCUT2D eigenvalue weighted by Crippen LogP contribution is -2.38. The summed E-state index contributed by atoms with van der Waals surface area (Å²) in [4.78, 5) is 18.5. The maximum atomic E-state index is 12.1. The van der Waals surface area contributed by atoms with Gasteiger partial charge in [-0.05, 0) is 37.8 Å². The third kappa shape index (κ3) is 6.29. The number of carbonyl (C=O) groups is 1. The van der Waals surface area contributed by atoms with Crippen LogP contribution < -0.4 is 15.4 Å². The Morgan fingerprint density at radius 2 is 2.00 bits per heavy atom. The summed E-state index contributed by atoms with van der Waals surface area (Å²) >= 11 is 0. The summed E-state index contributed by atoms with van der Waals surface area (Å²) in [5, 5.41) is 6.55. The summed E-state index contributed by atoms with van der Waals surface area (Å²) in [6.45, 7) is 5.90. The van der Waals surface area contributed by atoms with Gasteiger partial charge in [0.25, 0.3) is 0 Å². The molecule has 1 saturated heterocycles. The van der Waals surface area contributed by atoms with Crippen LogP contribution in [0.5, 0.6) is 5.75 Å². The predicted octanol–water partition coefficient (Wildman–Crippen LogP) is 1.81. The van der Waals surface area contributed by atoms with Gasteiger partial charge in [0.15, 0.2) is 5.96 Å². The van der Waals surface area contributed by atoms with Crippen molar-refractivity contribution < 1.29 is 9.53 Å². The van der Waals surface area contributed by atoms with Crippen molar-refractivity contribution in [2.75, 3.05) is 39.8 Å². The van der Waals surface area contributed by atoms with Crippen molar-refractivity contribution in [2.45, 2.75) is 32.6 Å². The second kappa shape index (κ2) is 10.6.